The van der Waals surface area contributed by atoms with Gasteiger partial charge in [0.15, 0.2) is 0 Å². The van der Waals surface area contributed by atoms with Gasteiger partial charge in [-0.25, -0.2) is 0 Å². The lowest BCUT2D eigenvalue weighted by atomic mass is 9.99. The van der Waals surface area contributed by atoms with Gasteiger partial charge in [-0.1, -0.05) is 6.42 Å². The number of hydrogen-bond donors (Lipinski definition) is 1. The summed E-state index contributed by atoms with van der Waals surface area (Å²) in [6, 6.07) is 1.24. The Morgan fingerprint density at radius 1 is 1.21 bits per heavy atom. The summed E-state index contributed by atoms with van der Waals surface area (Å²) in [6.45, 7) is 3.02. The van der Waals surface area contributed by atoms with Crippen LogP contribution in [-0.2, 0) is 4.79 Å². The molecule has 1 N–H and O–H groups in total. The van der Waals surface area contributed by atoms with Crippen LogP contribution in [0.5, 0.6) is 0 Å². The highest BCUT2D eigenvalue weighted by Gasteiger charge is 2.24. The minimum atomic E-state index is 0.365. The lowest BCUT2D eigenvalue weighted by Gasteiger charge is -2.35. The van der Waals surface area contributed by atoms with Crippen molar-refractivity contribution < 1.29 is 4.79 Å². The van der Waals surface area contributed by atoms with E-state index in [4.69, 9.17) is 0 Å². The fraction of sp³-hybridized carbons (Fsp3) is 0.933. The van der Waals surface area contributed by atoms with Crippen LogP contribution in [0.15, 0.2) is 0 Å². The van der Waals surface area contributed by atoms with Crippen LogP contribution < -0.4 is 5.32 Å². The number of carbonyl (C=O) groups is 1. The maximum atomic E-state index is 12.2. The third-order valence-electron chi connectivity index (χ3n) is 4.67. The summed E-state index contributed by atoms with van der Waals surface area (Å²) in [5, 5.41) is 3.52. The topological polar surface area (TPSA) is 35.6 Å². The SMILES string of the molecule is CN(C)C1CCN(C(=O)CCC2CCCCN2)CC1. The molecule has 2 saturated heterocycles. The van der Waals surface area contributed by atoms with Gasteiger partial charge in [0, 0.05) is 31.6 Å². The predicted molar refractivity (Wildman–Crippen MR) is 78.2 cm³/mol. The van der Waals surface area contributed by atoms with Gasteiger partial charge in [-0.3, -0.25) is 4.79 Å². The number of rotatable bonds is 4. The number of hydrogen-bond acceptors (Lipinski definition) is 3. The van der Waals surface area contributed by atoms with Crippen molar-refractivity contribution in [1.29, 1.82) is 0 Å². The zero-order chi connectivity index (χ0) is 13.7. The molecule has 4 heteroatoms. The summed E-state index contributed by atoms with van der Waals surface area (Å²) >= 11 is 0. The summed E-state index contributed by atoms with van der Waals surface area (Å²) in [6.07, 6.45) is 7.86. The summed E-state index contributed by atoms with van der Waals surface area (Å²) in [5.74, 6) is 0.365. The van der Waals surface area contributed by atoms with Crippen molar-refractivity contribution in [3.8, 4) is 0 Å². The second-order valence-corrected chi connectivity index (χ2v) is 6.26. The first-order valence-electron chi connectivity index (χ1n) is 7.84. The molecule has 0 aromatic carbocycles. The largest absolute Gasteiger partial charge is 0.343 e. The first kappa shape index (κ1) is 14.8. The number of piperidine rings is 2. The summed E-state index contributed by atoms with van der Waals surface area (Å²) < 4.78 is 0. The van der Waals surface area contributed by atoms with Crippen molar-refractivity contribution in [3.63, 3.8) is 0 Å². The van der Waals surface area contributed by atoms with E-state index in [1.807, 2.05) is 0 Å². The van der Waals surface area contributed by atoms with E-state index in [9.17, 15) is 4.79 Å². The van der Waals surface area contributed by atoms with Gasteiger partial charge in [0.1, 0.15) is 0 Å². The third kappa shape index (κ3) is 4.46. The number of nitrogens with one attached hydrogen (secondary N) is 1. The Kier molecular flexibility index (Phi) is 5.64. The van der Waals surface area contributed by atoms with Crippen molar-refractivity contribution in [1.82, 2.24) is 15.1 Å². The molecule has 2 rings (SSSR count). The molecule has 2 fully saturated rings. The number of amides is 1. The van der Waals surface area contributed by atoms with Crippen molar-refractivity contribution >= 4 is 5.91 Å². The molecule has 1 amide bonds. The average molecular weight is 267 g/mol. The lowest BCUT2D eigenvalue weighted by Crippen LogP contribution is -2.45. The van der Waals surface area contributed by atoms with Crippen LogP contribution in [0.25, 0.3) is 0 Å². The number of nitrogens with zero attached hydrogens (tertiary/aromatic N) is 2. The molecule has 0 bridgehead atoms. The van der Waals surface area contributed by atoms with Gasteiger partial charge in [0.2, 0.25) is 5.91 Å². The minimum absolute atomic E-state index is 0.365. The molecule has 0 radical (unpaired) electrons. The molecule has 0 spiro atoms. The predicted octanol–water partition coefficient (Wildman–Crippen LogP) is 1.46. The van der Waals surface area contributed by atoms with E-state index in [2.05, 4.69) is 29.2 Å². The average Bonchev–Trinajstić information content (AvgIpc) is 2.46. The van der Waals surface area contributed by atoms with Gasteiger partial charge in [0.05, 0.1) is 0 Å². The Morgan fingerprint density at radius 2 is 1.95 bits per heavy atom. The Morgan fingerprint density at radius 3 is 2.53 bits per heavy atom. The first-order chi connectivity index (χ1) is 9.16. The molecule has 110 valence electrons. The van der Waals surface area contributed by atoms with E-state index in [0.717, 1.165) is 45.3 Å². The first-order valence-corrected chi connectivity index (χ1v) is 7.84. The van der Waals surface area contributed by atoms with Gasteiger partial charge >= 0.3 is 0 Å². The molecule has 0 aromatic rings. The Labute approximate surface area is 117 Å². The van der Waals surface area contributed by atoms with E-state index < -0.39 is 0 Å². The van der Waals surface area contributed by atoms with E-state index in [1.165, 1.54) is 19.3 Å². The maximum Gasteiger partial charge on any atom is 0.222 e. The molecular weight excluding hydrogens is 238 g/mol. The fourth-order valence-corrected chi connectivity index (χ4v) is 3.26. The zero-order valence-corrected chi connectivity index (χ0v) is 12.5. The van der Waals surface area contributed by atoms with Gasteiger partial charge in [-0.05, 0) is 52.7 Å². The van der Waals surface area contributed by atoms with Crippen LogP contribution in [0.1, 0.15) is 44.9 Å². The molecule has 0 aliphatic carbocycles. The van der Waals surface area contributed by atoms with E-state index >= 15 is 0 Å². The van der Waals surface area contributed by atoms with Crippen molar-refractivity contribution in [3.05, 3.63) is 0 Å². The van der Waals surface area contributed by atoms with Crippen LogP contribution >= 0.6 is 0 Å². The standard InChI is InChI=1S/C15H29N3O/c1-17(2)14-8-11-18(12-9-14)15(19)7-6-13-5-3-4-10-16-13/h13-14,16H,3-12H2,1-2H3. The van der Waals surface area contributed by atoms with Crippen LogP contribution in [0.2, 0.25) is 0 Å². The van der Waals surface area contributed by atoms with Crippen LogP contribution in [-0.4, -0.2) is 61.5 Å². The third-order valence-corrected chi connectivity index (χ3v) is 4.67. The van der Waals surface area contributed by atoms with Crippen molar-refractivity contribution in [2.75, 3.05) is 33.7 Å². The Balaban J connectivity index is 1.66. The van der Waals surface area contributed by atoms with E-state index in [1.54, 1.807) is 0 Å². The Bertz CT molecular complexity index is 279. The van der Waals surface area contributed by atoms with Crippen LogP contribution in [0, 0.1) is 0 Å². The summed E-state index contributed by atoms with van der Waals surface area (Å²) in [7, 11) is 4.27. The van der Waals surface area contributed by atoms with E-state index in [-0.39, 0.29) is 0 Å². The van der Waals surface area contributed by atoms with Gasteiger partial charge < -0.3 is 15.1 Å². The van der Waals surface area contributed by atoms with Gasteiger partial charge in [-0.2, -0.15) is 0 Å². The number of carbonyl (C=O) groups excluding carboxylic acids is 1. The zero-order valence-electron chi connectivity index (χ0n) is 12.5. The Hall–Kier alpha value is -0.610. The van der Waals surface area contributed by atoms with Gasteiger partial charge in [-0.15, -0.1) is 0 Å². The second kappa shape index (κ2) is 7.25. The van der Waals surface area contributed by atoms with Crippen LogP contribution in [0.3, 0.4) is 0 Å². The molecule has 0 saturated carbocycles. The van der Waals surface area contributed by atoms with E-state index in [0.29, 0.717) is 18.0 Å². The molecule has 2 aliphatic rings. The molecule has 19 heavy (non-hydrogen) atoms. The molecule has 1 atom stereocenters. The minimum Gasteiger partial charge on any atom is -0.343 e. The molecule has 0 aromatic heterocycles. The summed E-state index contributed by atoms with van der Waals surface area (Å²) in [5.41, 5.74) is 0. The molecule has 1 unspecified atom stereocenters. The maximum absolute atomic E-state index is 12.2. The highest BCUT2D eigenvalue weighted by molar-refractivity contribution is 5.76. The van der Waals surface area contributed by atoms with Crippen LogP contribution in [0.4, 0.5) is 0 Å². The second-order valence-electron chi connectivity index (χ2n) is 6.26. The quantitative estimate of drug-likeness (QED) is 0.837. The highest BCUT2D eigenvalue weighted by Crippen LogP contribution is 2.17. The monoisotopic (exact) mass is 267 g/mol. The van der Waals surface area contributed by atoms with Crippen molar-refractivity contribution in [2.45, 2.75) is 57.0 Å². The summed E-state index contributed by atoms with van der Waals surface area (Å²) in [4.78, 5) is 16.6. The highest BCUT2D eigenvalue weighted by atomic mass is 16.2. The lowest BCUT2D eigenvalue weighted by molar-refractivity contribution is -0.132. The van der Waals surface area contributed by atoms with Crippen molar-refractivity contribution in [2.24, 2.45) is 0 Å². The molecule has 2 heterocycles. The normalized spacial score (nSPS) is 25.8. The smallest absolute Gasteiger partial charge is 0.222 e. The van der Waals surface area contributed by atoms with Gasteiger partial charge in [0.25, 0.3) is 0 Å². The molecule has 4 nitrogen and oxygen atoms in total. The molecule has 2 aliphatic heterocycles. The molecular formula is C15H29N3O. The fourth-order valence-electron chi connectivity index (χ4n) is 3.26. The number of likely N-dealkylation sites (tertiary alicyclic amines) is 1.